The van der Waals surface area contributed by atoms with Gasteiger partial charge < -0.3 is 5.32 Å². The SMILES string of the molecule is O=S1CCC(Nc2cc(Cl)c(Cl)cc2Cl)CC1. The van der Waals surface area contributed by atoms with E-state index in [1.54, 1.807) is 12.1 Å². The van der Waals surface area contributed by atoms with E-state index in [4.69, 9.17) is 34.8 Å². The minimum absolute atomic E-state index is 0.308. The maximum Gasteiger partial charge on any atom is 0.0653 e. The minimum Gasteiger partial charge on any atom is -0.381 e. The molecule has 1 aromatic carbocycles. The molecule has 0 bridgehead atoms. The number of hydrogen-bond donors (Lipinski definition) is 1. The summed E-state index contributed by atoms with van der Waals surface area (Å²) in [6.45, 7) is 0. The molecule has 17 heavy (non-hydrogen) atoms. The molecule has 6 heteroatoms. The van der Waals surface area contributed by atoms with Crippen molar-refractivity contribution in [1.82, 2.24) is 0 Å². The molecule has 0 radical (unpaired) electrons. The third-order valence-corrected chi connectivity index (χ3v) is 5.17. The van der Waals surface area contributed by atoms with Crippen LogP contribution in [0.25, 0.3) is 0 Å². The fourth-order valence-electron chi connectivity index (χ4n) is 1.79. The van der Waals surface area contributed by atoms with Crippen LogP contribution in [0.5, 0.6) is 0 Å². The van der Waals surface area contributed by atoms with Gasteiger partial charge in [0.25, 0.3) is 0 Å². The molecule has 1 fully saturated rings. The van der Waals surface area contributed by atoms with Gasteiger partial charge in [-0.05, 0) is 25.0 Å². The molecule has 0 aromatic heterocycles. The second kappa shape index (κ2) is 5.79. The van der Waals surface area contributed by atoms with Gasteiger partial charge in [-0.15, -0.1) is 0 Å². The molecule has 1 aliphatic heterocycles. The van der Waals surface area contributed by atoms with Gasteiger partial charge in [-0.2, -0.15) is 0 Å². The quantitative estimate of drug-likeness (QED) is 0.837. The number of nitrogens with one attached hydrogen (secondary N) is 1. The fraction of sp³-hybridized carbons (Fsp3) is 0.455. The van der Waals surface area contributed by atoms with Crippen LogP contribution in [-0.2, 0) is 10.8 Å². The summed E-state index contributed by atoms with van der Waals surface area (Å²) < 4.78 is 11.2. The number of halogens is 3. The van der Waals surface area contributed by atoms with E-state index in [2.05, 4.69) is 5.32 Å². The van der Waals surface area contributed by atoms with Crippen molar-refractivity contribution in [2.75, 3.05) is 16.8 Å². The Hall–Kier alpha value is 0.0400. The molecule has 1 heterocycles. The molecule has 0 atom stereocenters. The summed E-state index contributed by atoms with van der Waals surface area (Å²) in [5.74, 6) is 1.49. The van der Waals surface area contributed by atoms with Gasteiger partial charge in [0.05, 0.1) is 20.8 Å². The van der Waals surface area contributed by atoms with Gasteiger partial charge >= 0.3 is 0 Å². The molecule has 94 valence electrons. The minimum atomic E-state index is -0.652. The van der Waals surface area contributed by atoms with E-state index >= 15 is 0 Å². The van der Waals surface area contributed by atoms with E-state index < -0.39 is 10.8 Å². The smallest absolute Gasteiger partial charge is 0.0653 e. The Morgan fingerprint density at radius 1 is 1.06 bits per heavy atom. The molecule has 0 unspecified atom stereocenters. The lowest BCUT2D eigenvalue weighted by Gasteiger charge is -2.24. The van der Waals surface area contributed by atoms with Crippen LogP contribution in [0.3, 0.4) is 0 Å². The zero-order valence-corrected chi connectivity index (χ0v) is 12.1. The first kappa shape index (κ1) is 13.5. The second-order valence-corrected chi connectivity index (χ2v) is 6.93. The Labute approximate surface area is 118 Å². The van der Waals surface area contributed by atoms with Crippen LogP contribution < -0.4 is 5.32 Å². The number of rotatable bonds is 2. The largest absolute Gasteiger partial charge is 0.381 e. The van der Waals surface area contributed by atoms with Crippen molar-refractivity contribution in [3.8, 4) is 0 Å². The van der Waals surface area contributed by atoms with Crippen molar-refractivity contribution in [2.24, 2.45) is 0 Å². The Bertz CT molecular complexity index is 443. The molecule has 0 amide bonds. The lowest BCUT2D eigenvalue weighted by molar-refractivity contribution is 0.624. The summed E-state index contributed by atoms with van der Waals surface area (Å²) in [6, 6.07) is 3.68. The summed E-state index contributed by atoms with van der Waals surface area (Å²) in [5, 5.41) is 4.82. The Morgan fingerprint density at radius 3 is 2.29 bits per heavy atom. The van der Waals surface area contributed by atoms with Gasteiger partial charge in [0.1, 0.15) is 0 Å². The van der Waals surface area contributed by atoms with Crippen molar-refractivity contribution >= 4 is 51.3 Å². The number of anilines is 1. The first-order valence-corrected chi connectivity index (χ1v) is 7.94. The Morgan fingerprint density at radius 2 is 1.65 bits per heavy atom. The van der Waals surface area contributed by atoms with E-state index in [9.17, 15) is 4.21 Å². The van der Waals surface area contributed by atoms with Gasteiger partial charge in [0, 0.05) is 28.3 Å². The highest BCUT2D eigenvalue weighted by Crippen LogP contribution is 2.33. The monoisotopic (exact) mass is 311 g/mol. The highest BCUT2D eigenvalue weighted by molar-refractivity contribution is 7.85. The summed E-state index contributed by atoms with van der Waals surface area (Å²) in [6.07, 6.45) is 1.78. The maximum absolute atomic E-state index is 11.2. The number of hydrogen-bond acceptors (Lipinski definition) is 2. The van der Waals surface area contributed by atoms with E-state index in [0.29, 0.717) is 21.1 Å². The average molecular weight is 313 g/mol. The van der Waals surface area contributed by atoms with Crippen molar-refractivity contribution in [3.63, 3.8) is 0 Å². The van der Waals surface area contributed by atoms with Crippen LogP contribution >= 0.6 is 34.8 Å². The maximum atomic E-state index is 11.2. The summed E-state index contributed by atoms with van der Waals surface area (Å²) in [7, 11) is -0.652. The molecule has 0 saturated carbocycles. The Balaban J connectivity index is 2.08. The van der Waals surface area contributed by atoms with Gasteiger partial charge in [0.15, 0.2) is 0 Å². The predicted octanol–water partition coefficient (Wildman–Crippen LogP) is 3.97. The van der Waals surface area contributed by atoms with Crippen molar-refractivity contribution in [2.45, 2.75) is 18.9 Å². The normalized spacial score (nSPS) is 24.6. The van der Waals surface area contributed by atoms with Gasteiger partial charge in [-0.25, -0.2) is 0 Å². The van der Waals surface area contributed by atoms with Crippen LogP contribution in [0, 0.1) is 0 Å². The molecule has 0 spiro atoms. The first-order chi connectivity index (χ1) is 8.06. The van der Waals surface area contributed by atoms with Crippen LogP contribution in [-0.4, -0.2) is 21.8 Å². The summed E-state index contributed by atoms with van der Waals surface area (Å²) >= 11 is 17.9. The highest BCUT2D eigenvalue weighted by atomic mass is 35.5. The predicted molar refractivity (Wildman–Crippen MR) is 76.0 cm³/mol. The van der Waals surface area contributed by atoms with Crippen molar-refractivity contribution in [1.29, 1.82) is 0 Å². The second-order valence-electron chi connectivity index (χ2n) is 4.01. The zero-order chi connectivity index (χ0) is 12.4. The lowest BCUT2D eigenvalue weighted by Crippen LogP contribution is -2.29. The standard InChI is InChI=1S/C11H12Cl3NOS/c12-8-5-10(14)11(6-9(8)13)15-7-1-3-17(16)4-2-7/h5-7,15H,1-4H2. The highest BCUT2D eigenvalue weighted by Gasteiger charge is 2.18. The van der Waals surface area contributed by atoms with E-state index in [-0.39, 0.29) is 0 Å². The molecule has 2 rings (SSSR count). The molecule has 1 aromatic rings. The topological polar surface area (TPSA) is 29.1 Å². The van der Waals surface area contributed by atoms with Crippen LogP contribution in [0.2, 0.25) is 15.1 Å². The lowest BCUT2D eigenvalue weighted by atomic mass is 10.1. The van der Waals surface area contributed by atoms with Gasteiger partial charge in [0.2, 0.25) is 0 Å². The summed E-state index contributed by atoms with van der Waals surface area (Å²) in [5.41, 5.74) is 0.791. The Kier molecular flexibility index (Phi) is 4.59. The van der Waals surface area contributed by atoms with Crippen LogP contribution in [0.4, 0.5) is 5.69 Å². The van der Waals surface area contributed by atoms with Crippen LogP contribution in [0.15, 0.2) is 12.1 Å². The van der Waals surface area contributed by atoms with Gasteiger partial charge in [-0.1, -0.05) is 34.8 Å². The van der Waals surface area contributed by atoms with Crippen LogP contribution in [0.1, 0.15) is 12.8 Å². The van der Waals surface area contributed by atoms with E-state index in [1.807, 2.05) is 0 Å². The molecular weight excluding hydrogens is 301 g/mol. The molecular formula is C11H12Cl3NOS. The molecule has 1 aliphatic rings. The first-order valence-electron chi connectivity index (χ1n) is 5.32. The molecule has 2 nitrogen and oxygen atoms in total. The molecule has 1 saturated heterocycles. The molecule has 0 aliphatic carbocycles. The third-order valence-electron chi connectivity index (χ3n) is 2.76. The van der Waals surface area contributed by atoms with Gasteiger partial charge in [-0.3, -0.25) is 4.21 Å². The number of benzene rings is 1. The van der Waals surface area contributed by atoms with E-state index in [0.717, 1.165) is 30.0 Å². The van der Waals surface area contributed by atoms with E-state index in [1.165, 1.54) is 0 Å². The van der Waals surface area contributed by atoms with Crippen molar-refractivity contribution < 1.29 is 4.21 Å². The molecule has 1 N–H and O–H groups in total. The zero-order valence-electron chi connectivity index (χ0n) is 9.01. The van der Waals surface area contributed by atoms with Crippen molar-refractivity contribution in [3.05, 3.63) is 27.2 Å². The average Bonchev–Trinajstić information content (AvgIpc) is 2.29. The summed E-state index contributed by atoms with van der Waals surface area (Å²) in [4.78, 5) is 0. The fourth-order valence-corrected chi connectivity index (χ4v) is 3.69. The third kappa shape index (κ3) is 3.50.